The summed E-state index contributed by atoms with van der Waals surface area (Å²) in [5.74, 6) is 0.413. The van der Waals surface area contributed by atoms with Gasteiger partial charge in [0.2, 0.25) is 5.91 Å². The van der Waals surface area contributed by atoms with Crippen LogP contribution in [0.25, 0.3) is 11.1 Å². The topological polar surface area (TPSA) is 87.3 Å². The lowest BCUT2D eigenvalue weighted by Gasteiger charge is -2.23. The Hall–Kier alpha value is -3.61. The molecule has 0 aliphatic carbocycles. The smallest absolute Gasteiger partial charge is 0.257 e. The lowest BCUT2D eigenvalue weighted by atomic mass is 9.96. The van der Waals surface area contributed by atoms with E-state index in [1.807, 2.05) is 43.3 Å². The van der Waals surface area contributed by atoms with Crippen LogP contribution in [-0.4, -0.2) is 53.7 Å². The fourth-order valence-corrected chi connectivity index (χ4v) is 3.88. The number of aromatic nitrogens is 2. The predicted octanol–water partition coefficient (Wildman–Crippen LogP) is 2.82. The number of carbonyl (C=O) groups excluding carboxylic acids is 2. The van der Waals surface area contributed by atoms with Gasteiger partial charge in [-0.1, -0.05) is 36.4 Å². The molecule has 160 valence electrons. The quantitative estimate of drug-likeness (QED) is 0.667. The van der Waals surface area contributed by atoms with Crippen LogP contribution in [0.3, 0.4) is 0 Å². The highest BCUT2D eigenvalue weighted by Crippen LogP contribution is 2.24. The second-order valence-electron chi connectivity index (χ2n) is 7.78. The third kappa shape index (κ3) is 4.60. The number of benzene rings is 2. The van der Waals surface area contributed by atoms with Gasteiger partial charge in [0.25, 0.3) is 5.91 Å². The second kappa shape index (κ2) is 9.04. The van der Waals surface area contributed by atoms with Gasteiger partial charge in [-0.3, -0.25) is 14.7 Å². The maximum Gasteiger partial charge on any atom is 0.257 e. The minimum absolute atomic E-state index is 0.0153. The van der Waals surface area contributed by atoms with E-state index >= 15 is 0 Å². The maximum atomic E-state index is 12.9. The molecule has 3 aromatic rings. The van der Waals surface area contributed by atoms with Crippen molar-refractivity contribution in [2.45, 2.75) is 13.3 Å². The lowest BCUT2D eigenvalue weighted by Crippen LogP contribution is -2.37. The summed E-state index contributed by atoms with van der Waals surface area (Å²) < 4.78 is 5.21. The van der Waals surface area contributed by atoms with Crippen molar-refractivity contribution in [2.24, 2.45) is 5.92 Å². The number of rotatable bonds is 5. The van der Waals surface area contributed by atoms with Crippen molar-refractivity contribution in [1.29, 1.82) is 0 Å². The minimum Gasteiger partial charge on any atom is -0.497 e. The van der Waals surface area contributed by atoms with E-state index in [1.54, 1.807) is 18.2 Å². The normalized spacial score (nSPS) is 16.5. The number of carbonyl (C=O) groups is 2. The molecule has 1 saturated heterocycles. The third-order valence-corrected chi connectivity index (χ3v) is 5.70. The van der Waals surface area contributed by atoms with Gasteiger partial charge >= 0.3 is 0 Å². The molecular weight excluding hydrogens is 392 g/mol. The van der Waals surface area contributed by atoms with Crippen LogP contribution < -0.4 is 10.1 Å². The van der Waals surface area contributed by atoms with Crippen LogP contribution in [0.1, 0.15) is 21.6 Å². The number of H-pyrrole nitrogens is 1. The number of nitrogens with zero attached hydrogens (tertiary/aromatic N) is 2. The largest absolute Gasteiger partial charge is 0.497 e. The van der Waals surface area contributed by atoms with Gasteiger partial charge in [0, 0.05) is 25.3 Å². The van der Waals surface area contributed by atoms with Crippen LogP contribution in [0.2, 0.25) is 0 Å². The molecule has 0 saturated carbocycles. The van der Waals surface area contributed by atoms with Crippen LogP contribution in [0.5, 0.6) is 5.75 Å². The summed E-state index contributed by atoms with van der Waals surface area (Å²) in [4.78, 5) is 27.3. The second-order valence-corrected chi connectivity index (χ2v) is 7.78. The average Bonchev–Trinajstić information content (AvgIpc) is 3.14. The summed E-state index contributed by atoms with van der Waals surface area (Å²) in [5, 5.41) is 9.69. The van der Waals surface area contributed by atoms with Crippen LogP contribution in [-0.2, 0) is 11.2 Å². The predicted molar refractivity (Wildman–Crippen MR) is 118 cm³/mol. The first kappa shape index (κ1) is 20.7. The lowest BCUT2D eigenvalue weighted by molar-refractivity contribution is -0.124. The van der Waals surface area contributed by atoms with Gasteiger partial charge < -0.3 is 15.0 Å². The number of ether oxygens (including phenoxy) is 1. The molecule has 1 atom stereocenters. The molecule has 4 rings (SSSR count). The van der Waals surface area contributed by atoms with Gasteiger partial charge in [-0.15, -0.1) is 0 Å². The zero-order chi connectivity index (χ0) is 21.8. The number of amides is 2. The molecule has 2 aromatic carbocycles. The molecule has 1 fully saturated rings. The first-order chi connectivity index (χ1) is 15.0. The minimum atomic E-state index is -0.300. The zero-order valence-corrected chi connectivity index (χ0v) is 17.7. The number of hydrogen-bond donors (Lipinski definition) is 2. The highest BCUT2D eigenvalue weighted by Gasteiger charge is 2.29. The average molecular weight is 418 g/mol. The van der Waals surface area contributed by atoms with Gasteiger partial charge in [0.1, 0.15) is 5.75 Å². The van der Waals surface area contributed by atoms with E-state index in [0.717, 1.165) is 28.1 Å². The van der Waals surface area contributed by atoms with E-state index in [2.05, 4.69) is 27.6 Å². The molecule has 31 heavy (non-hydrogen) atoms. The van der Waals surface area contributed by atoms with Gasteiger partial charge in [-0.25, -0.2) is 0 Å². The summed E-state index contributed by atoms with van der Waals surface area (Å²) in [7, 11) is 1.65. The summed E-state index contributed by atoms with van der Waals surface area (Å²) in [6, 6.07) is 16.1. The summed E-state index contributed by atoms with van der Waals surface area (Å²) in [6.45, 7) is 3.15. The summed E-state index contributed by atoms with van der Waals surface area (Å²) in [5.41, 5.74) is 4.55. The van der Waals surface area contributed by atoms with Crippen LogP contribution >= 0.6 is 0 Å². The molecule has 0 bridgehead atoms. The molecule has 2 amide bonds. The van der Waals surface area contributed by atoms with Crippen molar-refractivity contribution in [3.05, 3.63) is 71.5 Å². The highest BCUT2D eigenvalue weighted by molar-refractivity contribution is 5.95. The SMILES string of the molecule is COc1ccc(-c2ccc(C[C@@H]3CN(C(=O)c4cn[nH]c4C)CCNC3=O)cc2)cc1. The molecule has 2 heterocycles. The first-order valence-corrected chi connectivity index (χ1v) is 10.4. The Kier molecular flexibility index (Phi) is 6.02. The van der Waals surface area contributed by atoms with E-state index in [0.29, 0.717) is 31.6 Å². The summed E-state index contributed by atoms with van der Waals surface area (Å²) >= 11 is 0. The fraction of sp³-hybridized carbons (Fsp3) is 0.292. The van der Waals surface area contributed by atoms with Crippen LogP contribution in [0.15, 0.2) is 54.7 Å². The molecular formula is C24H26N4O3. The van der Waals surface area contributed by atoms with Gasteiger partial charge in [0.05, 0.1) is 24.8 Å². The first-order valence-electron chi connectivity index (χ1n) is 10.4. The monoisotopic (exact) mass is 418 g/mol. The molecule has 7 nitrogen and oxygen atoms in total. The van der Waals surface area contributed by atoms with Gasteiger partial charge in [-0.05, 0) is 42.2 Å². The summed E-state index contributed by atoms with van der Waals surface area (Å²) in [6.07, 6.45) is 2.12. The van der Waals surface area contributed by atoms with Crippen molar-refractivity contribution in [3.63, 3.8) is 0 Å². The fourth-order valence-electron chi connectivity index (χ4n) is 3.88. The Morgan fingerprint density at radius 2 is 1.81 bits per heavy atom. The number of aryl methyl sites for hydroxylation is 1. The number of hydrogen-bond acceptors (Lipinski definition) is 4. The third-order valence-electron chi connectivity index (χ3n) is 5.70. The number of nitrogens with one attached hydrogen (secondary N) is 2. The standard InChI is InChI=1S/C24H26N4O3/c1-16-22(14-26-27-16)24(30)28-12-11-25-23(29)20(15-28)13-17-3-5-18(6-4-17)19-7-9-21(31-2)10-8-19/h3-10,14,20H,11-13,15H2,1-2H3,(H,25,29)(H,26,27)/t20-/m1/s1. The molecule has 2 N–H and O–H groups in total. The molecule has 1 aliphatic heterocycles. The van der Waals surface area contributed by atoms with Crippen LogP contribution in [0.4, 0.5) is 0 Å². The van der Waals surface area contributed by atoms with E-state index in [4.69, 9.17) is 4.74 Å². The number of methoxy groups -OCH3 is 1. The molecule has 1 aromatic heterocycles. The van der Waals surface area contributed by atoms with Crippen LogP contribution in [0, 0.1) is 12.8 Å². The molecule has 0 unspecified atom stereocenters. The Labute approximate surface area is 181 Å². The van der Waals surface area contributed by atoms with Gasteiger partial charge in [-0.2, -0.15) is 5.10 Å². The molecule has 7 heteroatoms. The van der Waals surface area contributed by atoms with Crippen molar-refractivity contribution in [3.8, 4) is 16.9 Å². The Morgan fingerprint density at radius 3 is 2.42 bits per heavy atom. The van der Waals surface area contributed by atoms with E-state index in [-0.39, 0.29) is 17.7 Å². The Bertz CT molecular complexity index is 1060. The van der Waals surface area contributed by atoms with Gasteiger partial charge in [0.15, 0.2) is 0 Å². The Morgan fingerprint density at radius 1 is 1.13 bits per heavy atom. The Balaban J connectivity index is 1.47. The molecule has 0 spiro atoms. The maximum absolute atomic E-state index is 12.9. The number of aromatic amines is 1. The molecule has 0 radical (unpaired) electrons. The highest BCUT2D eigenvalue weighted by atomic mass is 16.5. The van der Waals surface area contributed by atoms with Crippen molar-refractivity contribution in [1.82, 2.24) is 20.4 Å². The van der Waals surface area contributed by atoms with Crippen molar-refractivity contribution < 1.29 is 14.3 Å². The van der Waals surface area contributed by atoms with E-state index in [1.165, 1.54) is 0 Å². The van der Waals surface area contributed by atoms with Crippen molar-refractivity contribution >= 4 is 11.8 Å². The van der Waals surface area contributed by atoms with Crippen molar-refractivity contribution in [2.75, 3.05) is 26.7 Å². The zero-order valence-electron chi connectivity index (χ0n) is 17.7. The van der Waals surface area contributed by atoms with E-state index in [9.17, 15) is 9.59 Å². The molecule has 1 aliphatic rings. The van der Waals surface area contributed by atoms with E-state index < -0.39 is 0 Å².